The minimum Gasteiger partial charge on any atom is -0.361 e. The van der Waals surface area contributed by atoms with Gasteiger partial charge in [0.05, 0.1) is 30.0 Å². The first kappa shape index (κ1) is 11.4. The summed E-state index contributed by atoms with van der Waals surface area (Å²) in [6.07, 6.45) is 4.91. The summed E-state index contributed by atoms with van der Waals surface area (Å²) in [6.45, 7) is 3.42. The van der Waals surface area contributed by atoms with E-state index in [0.29, 0.717) is 22.7 Å². The average Bonchev–Trinajstić information content (AvgIpc) is 2.95. The number of amides is 1. The van der Waals surface area contributed by atoms with Gasteiger partial charge in [0.1, 0.15) is 11.3 Å². The van der Waals surface area contributed by atoms with E-state index in [1.54, 1.807) is 43.0 Å². The van der Waals surface area contributed by atoms with Crippen molar-refractivity contribution in [2.45, 2.75) is 13.8 Å². The standard InChI is InChI=1S/C12H11N5O2/c1-7-11(8(2)19-16-7)12(18)15-9-5-13-10-3-4-14-17(10)6-9/h3-6H,1-2H3,(H,15,18). The van der Waals surface area contributed by atoms with Crippen molar-refractivity contribution in [3.63, 3.8) is 0 Å². The number of carbonyl (C=O) groups excluding carboxylic acids is 1. The van der Waals surface area contributed by atoms with E-state index in [-0.39, 0.29) is 5.91 Å². The van der Waals surface area contributed by atoms with E-state index in [9.17, 15) is 4.79 Å². The van der Waals surface area contributed by atoms with Gasteiger partial charge in [-0.25, -0.2) is 9.50 Å². The van der Waals surface area contributed by atoms with Gasteiger partial charge >= 0.3 is 0 Å². The predicted molar refractivity (Wildman–Crippen MR) is 66.9 cm³/mol. The molecule has 0 bridgehead atoms. The lowest BCUT2D eigenvalue weighted by atomic mass is 10.2. The molecule has 0 aliphatic carbocycles. The van der Waals surface area contributed by atoms with E-state index < -0.39 is 0 Å². The molecule has 0 unspecified atom stereocenters. The fourth-order valence-corrected chi connectivity index (χ4v) is 1.88. The van der Waals surface area contributed by atoms with Crippen molar-refractivity contribution >= 4 is 17.2 Å². The third-order valence-corrected chi connectivity index (χ3v) is 2.76. The second-order valence-electron chi connectivity index (χ2n) is 4.13. The number of aromatic nitrogens is 4. The number of anilines is 1. The zero-order chi connectivity index (χ0) is 13.4. The van der Waals surface area contributed by atoms with Crippen molar-refractivity contribution in [3.8, 4) is 0 Å². The van der Waals surface area contributed by atoms with Crippen LogP contribution in [0.5, 0.6) is 0 Å². The molecule has 0 aliphatic heterocycles. The Hall–Kier alpha value is -2.70. The summed E-state index contributed by atoms with van der Waals surface area (Å²) in [6, 6.07) is 1.78. The molecule has 3 aromatic heterocycles. The first-order valence-electron chi connectivity index (χ1n) is 5.69. The van der Waals surface area contributed by atoms with Gasteiger partial charge in [0.15, 0.2) is 5.65 Å². The molecule has 19 heavy (non-hydrogen) atoms. The zero-order valence-electron chi connectivity index (χ0n) is 10.4. The SMILES string of the molecule is Cc1noc(C)c1C(=O)Nc1cnc2ccnn2c1. The lowest BCUT2D eigenvalue weighted by Gasteiger charge is -2.04. The number of hydrogen-bond acceptors (Lipinski definition) is 5. The molecule has 0 radical (unpaired) electrons. The maximum Gasteiger partial charge on any atom is 0.261 e. The van der Waals surface area contributed by atoms with Crippen LogP contribution in [0, 0.1) is 13.8 Å². The van der Waals surface area contributed by atoms with Crippen LogP contribution in [-0.4, -0.2) is 25.7 Å². The molecule has 0 saturated heterocycles. The molecule has 7 nitrogen and oxygen atoms in total. The van der Waals surface area contributed by atoms with Gasteiger partial charge in [-0.15, -0.1) is 0 Å². The van der Waals surface area contributed by atoms with Crippen LogP contribution in [0.3, 0.4) is 0 Å². The largest absolute Gasteiger partial charge is 0.361 e. The van der Waals surface area contributed by atoms with Crippen molar-refractivity contribution in [1.82, 2.24) is 19.8 Å². The minimum atomic E-state index is -0.274. The molecule has 3 heterocycles. The lowest BCUT2D eigenvalue weighted by Crippen LogP contribution is -2.14. The Kier molecular flexibility index (Phi) is 2.52. The molecule has 1 amide bonds. The second-order valence-corrected chi connectivity index (χ2v) is 4.13. The van der Waals surface area contributed by atoms with Crippen molar-refractivity contribution in [3.05, 3.63) is 41.7 Å². The minimum absolute atomic E-state index is 0.274. The summed E-state index contributed by atoms with van der Waals surface area (Å²) >= 11 is 0. The van der Waals surface area contributed by atoms with Gasteiger partial charge < -0.3 is 9.84 Å². The third kappa shape index (κ3) is 1.95. The molecular formula is C12H11N5O2. The number of nitrogens with one attached hydrogen (secondary N) is 1. The Labute approximate surface area is 108 Å². The lowest BCUT2D eigenvalue weighted by molar-refractivity contribution is 0.102. The Bertz CT molecular complexity index is 739. The molecule has 3 rings (SSSR count). The molecule has 1 N–H and O–H groups in total. The van der Waals surface area contributed by atoms with Gasteiger partial charge in [-0.05, 0) is 13.8 Å². The van der Waals surface area contributed by atoms with E-state index in [0.717, 1.165) is 5.65 Å². The van der Waals surface area contributed by atoms with Crippen molar-refractivity contribution in [2.24, 2.45) is 0 Å². The fourth-order valence-electron chi connectivity index (χ4n) is 1.88. The summed E-state index contributed by atoms with van der Waals surface area (Å²) in [5.41, 5.74) is 2.28. The Morgan fingerprint density at radius 1 is 1.42 bits per heavy atom. The van der Waals surface area contributed by atoms with E-state index >= 15 is 0 Å². The summed E-state index contributed by atoms with van der Waals surface area (Å²) in [4.78, 5) is 16.3. The number of nitrogens with zero attached hydrogens (tertiary/aromatic N) is 4. The molecule has 0 saturated carbocycles. The van der Waals surface area contributed by atoms with Crippen LogP contribution in [0.25, 0.3) is 5.65 Å². The molecule has 0 fully saturated rings. The molecule has 0 aliphatic rings. The third-order valence-electron chi connectivity index (χ3n) is 2.76. The van der Waals surface area contributed by atoms with Crippen molar-refractivity contribution < 1.29 is 9.32 Å². The van der Waals surface area contributed by atoms with E-state index in [1.807, 2.05) is 0 Å². The van der Waals surface area contributed by atoms with Gasteiger partial charge in [-0.3, -0.25) is 4.79 Å². The van der Waals surface area contributed by atoms with Crippen molar-refractivity contribution in [1.29, 1.82) is 0 Å². The number of hydrogen-bond donors (Lipinski definition) is 1. The van der Waals surface area contributed by atoms with E-state index in [4.69, 9.17) is 4.52 Å². The fraction of sp³-hybridized carbons (Fsp3) is 0.167. The van der Waals surface area contributed by atoms with E-state index in [2.05, 4.69) is 20.6 Å². The summed E-state index contributed by atoms with van der Waals surface area (Å²) in [5.74, 6) is 0.215. The first-order valence-corrected chi connectivity index (χ1v) is 5.69. The number of aryl methyl sites for hydroxylation is 2. The number of fused-ring (bicyclic) bond motifs is 1. The normalized spacial score (nSPS) is 10.8. The molecule has 96 valence electrons. The van der Waals surface area contributed by atoms with Crippen LogP contribution in [0.2, 0.25) is 0 Å². The molecular weight excluding hydrogens is 246 g/mol. The highest BCUT2D eigenvalue weighted by Crippen LogP contribution is 2.15. The van der Waals surface area contributed by atoms with Gasteiger partial charge in [0.2, 0.25) is 0 Å². The van der Waals surface area contributed by atoms with Gasteiger partial charge in [0, 0.05) is 6.07 Å². The average molecular weight is 257 g/mol. The maximum absolute atomic E-state index is 12.1. The van der Waals surface area contributed by atoms with Crippen LogP contribution in [0.15, 0.2) is 29.2 Å². The van der Waals surface area contributed by atoms with Gasteiger partial charge in [0.25, 0.3) is 5.91 Å². The van der Waals surface area contributed by atoms with Crippen molar-refractivity contribution in [2.75, 3.05) is 5.32 Å². The monoisotopic (exact) mass is 257 g/mol. The maximum atomic E-state index is 12.1. The molecule has 3 aromatic rings. The molecule has 0 atom stereocenters. The second kappa shape index (κ2) is 4.20. The van der Waals surface area contributed by atoms with Crippen LogP contribution < -0.4 is 5.32 Å². The Morgan fingerprint density at radius 3 is 3.00 bits per heavy atom. The van der Waals surface area contributed by atoms with Gasteiger partial charge in [-0.1, -0.05) is 5.16 Å². The molecule has 0 aromatic carbocycles. The number of rotatable bonds is 2. The first-order chi connectivity index (χ1) is 9.15. The van der Waals surface area contributed by atoms with Gasteiger partial charge in [-0.2, -0.15) is 5.10 Å². The van der Waals surface area contributed by atoms with Crippen LogP contribution in [0.1, 0.15) is 21.8 Å². The highest BCUT2D eigenvalue weighted by atomic mass is 16.5. The summed E-state index contributed by atoms with van der Waals surface area (Å²) in [5, 5.41) is 10.6. The quantitative estimate of drug-likeness (QED) is 0.753. The highest BCUT2D eigenvalue weighted by Gasteiger charge is 2.17. The zero-order valence-corrected chi connectivity index (χ0v) is 10.4. The molecule has 7 heteroatoms. The summed E-state index contributed by atoms with van der Waals surface area (Å²) in [7, 11) is 0. The summed E-state index contributed by atoms with van der Waals surface area (Å²) < 4.78 is 6.55. The predicted octanol–water partition coefficient (Wildman–Crippen LogP) is 1.59. The van der Waals surface area contributed by atoms with Crippen LogP contribution >= 0.6 is 0 Å². The Balaban J connectivity index is 1.90. The highest BCUT2D eigenvalue weighted by molar-refractivity contribution is 6.05. The Morgan fingerprint density at radius 2 is 2.26 bits per heavy atom. The van der Waals surface area contributed by atoms with E-state index in [1.165, 1.54) is 0 Å². The van der Waals surface area contributed by atoms with Crippen LogP contribution in [0.4, 0.5) is 5.69 Å². The molecule has 0 spiro atoms. The topological polar surface area (TPSA) is 85.3 Å². The smallest absolute Gasteiger partial charge is 0.261 e. The number of carbonyl (C=O) groups is 1. The van der Waals surface area contributed by atoms with Crippen LogP contribution in [-0.2, 0) is 0 Å².